The van der Waals surface area contributed by atoms with Crippen LogP contribution < -0.4 is 72.5 Å². The van der Waals surface area contributed by atoms with E-state index in [1.807, 2.05) is 139 Å². The molecule has 0 spiro atoms. The summed E-state index contributed by atoms with van der Waals surface area (Å²) in [6.45, 7) is 14.3. The summed E-state index contributed by atoms with van der Waals surface area (Å²) in [6.07, 6.45) is 28.1. The molecule has 0 aliphatic heterocycles. The van der Waals surface area contributed by atoms with Crippen LogP contribution in [0.15, 0.2) is 165 Å². The summed E-state index contributed by atoms with van der Waals surface area (Å²) in [7, 11) is 10.9. The molecule has 12 N–H and O–H groups in total. The first-order valence-electron chi connectivity index (χ1n) is 37.3. The molecule has 8 aromatic heterocycles. The number of aliphatic hydroxyl groups excluding tert-OH is 1. The molecule has 0 unspecified atom stereocenters. The molecule has 52 heteroatoms. The number of thiol groups is 1. The van der Waals surface area contributed by atoms with Crippen LogP contribution in [0.2, 0.25) is 5.15 Å². The second kappa shape index (κ2) is 81.0. The number of allylic oxidation sites excluding steroid dienone is 5. The molecule has 1 radical (unpaired) electrons. The molecule has 0 amide bonds. The van der Waals surface area contributed by atoms with Gasteiger partial charge in [0, 0.05) is 54.4 Å². The van der Waals surface area contributed by atoms with E-state index in [9.17, 15) is 33.3 Å². The van der Waals surface area contributed by atoms with Crippen LogP contribution in [0.3, 0.4) is 0 Å². The number of nitrogen functional groups attached to an aromatic ring is 1. The van der Waals surface area contributed by atoms with Gasteiger partial charge in [-0.25, -0.2) is 49.1 Å². The molecule has 134 heavy (non-hydrogen) atoms. The number of hydrogen-bond acceptors (Lipinski definition) is 36. The zero-order chi connectivity index (χ0) is 99.8. The van der Waals surface area contributed by atoms with Crippen molar-refractivity contribution in [1.82, 2.24) is 64.0 Å². The van der Waals surface area contributed by atoms with Crippen LogP contribution in [0.5, 0.6) is 11.8 Å². The maximum atomic E-state index is 11.3. The number of fused-ring (bicyclic) bond motifs is 5. The Balaban J connectivity index is -0.000000340. The van der Waals surface area contributed by atoms with Gasteiger partial charge in [0.2, 0.25) is 17.8 Å². The van der Waals surface area contributed by atoms with Crippen LogP contribution in [0.4, 0.5) is 5.69 Å². The molecular weight excluding hydrogens is 1970 g/mol. The number of carbonyl (C=O) groups is 5. The number of halogens is 6. The van der Waals surface area contributed by atoms with Crippen LogP contribution in [0, 0.1) is 23.7 Å². The molecule has 10 aromatic rings. The maximum absolute atomic E-state index is 11.3. The summed E-state index contributed by atoms with van der Waals surface area (Å²) in [5.74, 6) is -2.14. The molecule has 13 rings (SSSR count). The number of rotatable bonds is 17. The van der Waals surface area contributed by atoms with Crippen molar-refractivity contribution in [1.29, 1.82) is 10.7 Å². The first kappa shape index (κ1) is 133. The molecule has 42 nitrogen and oxygen atoms in total. The number of aliphatic hydroxyl groups is 1. The number of esters is 4. The molecule has 0 saturated heterocycles. The molecule has 0 saturated carbocycles. The van der Waals surface area contributed by atoms with Crippen molar-refractivity contribution in [2.75, 3.05) is 61.1 Å². The van der Waals surface area contributed by atoms with Crippen LogP contribution in [-0.4, -0.2) is 192 Å². The van der Waals surface area contributed by atoms with Gasteiger partial charge in [0.05, 0.1) is 118 Å². The van der Waals surface area contributed by atoms with Crippen molar-refractivity contribution in [2.24, 2.45) is 15.8 Å². The van der Waals surface area contributed by atoms with Crippen molar-refractivity contribution in [3.63, 3.8) is 0 Å². The minimum absolute atomic E-state index is 0. The van der Waals surface area contributed by atoms with Crippen molar-refractivity contribution < 1.29 is 130 Å². The molecule has 2 aromatic carbocycles. The Bertz CT molecular complexity index is 5500. The number of hydrogen-bond donors (Lipinski definition) is 10. The van der Waals surface area contributed by atoms with E-state index < -0.39 is 41.1 Å². The third-order valence-electron chi connectivity index (χ3n) is 14.9. The second-order valence-electron chi connectivity index (χ2n) is 23.3. The summed E-state index contributed by atoms with van der Waals surface area (Å²) in [4.78, 5) is 148. The topological polar surface area (TPSA) is 641 Å². The number of nitrogens with one attached hydrogen (secondary N) is 4. The summed E-state index contributed by atoms with van der Waals surface area (Å²) in [5.41, 5.74) is 27.9. The Hall–Kier alpha value is -11.6. The maximum Gasteiger partial charge on any atom is 1.00 e. The number of aromatic amines is 3. The van der Waals surface area contributed by atoms with Gasteiger partial charge in [-0.1, -0.05) is 111 Å². The van der Waals surface area contributed by atoms with Gasteiger partial charge in [-0.3, -0.25) is 24.4 Å². The Morgan fingerprint density at radius 2 is 1.17 bits per heavy atom. The first-order valence-corrected chi connectivity index (χ1v) is 43.3. The number of anilines is 1. The van der Waals surface area contributed by atoms with E-state index in [1.165, 1.54) is 45.9 Å². The molecule has 3 aliphatic rings. The number of aromatic nitrogens is 13. The average Bonchev–Trinajstić information content (AvgIpc) is 1.65. The minimum atomic E-state index is -3.22. The number of nitriles is 1. The number of carboxylic acid groups (broad SMARTS) is 1. The molecular formula is C82H103BBrCl5N19NaO23PS. The monoisotopic (exact) mass is 2070 g/mol. The van der Waals surface area contributed by atoms with Crippen LogP contribution >= 0.6 is 91.7 Å². The van der Waals surface area contributed by atoms with Crippen molar-refractivity contribution >= 4 is 193 Å². The van der Waals surface area contributed by atoms with Gasteiger partial charge >= 0.3 is 95.7 Å². The fourth-order valence-corrected chi connectivity index (χ4v) is 10.2. The number of carboxylic acids is 1. The van der Waals surface area contributed by atoms with E-state index in [0.29, 0.717) is 78.2 Å². The molecule has 3 aliphatic carbocycles. The molecule has 0 fully saturated rings. The van der Waals surface area contributed by atoms with Gasteiger partial charge in [0.25, 0.3) is 17.1 Å². The third kappa shape index (κ3) is 54.5. The Labute approximate surface area is 834 Å². The summed E-state index contributed by atoms with van der Waals surface area (Å²) in [5, 5.41) is 34.7. The van der Waals surface area contributed by atoms with Gasteiger partial charge in [-0.05, 0) is 145 Å². The van der Waals surface area contributed by atoms with Gasteiger partial charge in [0.15, 0.2) is 0 Å². The molecule has 721 valence electrons. The van der Waals surface area contributed by atoms with Crippen LogP contribution in [-0.2, 0) is 117 Å². The molecule has 0 bridgehead atoms. The minimum Gasteiger partial charge on any atom is 1.00 e. The number of ether oxygens (including phenoxy) is 8. The molecule has 8 heterocycles. The van der Waals surface area contributed by atoms with E-state index in [1.54, 1.807) is 47.3 Å². The van der Waals surface area contributed by atoms with E-state index in [4.69, 9.17) is 92.0 Å². The molecule has 0 atom stereocenters. The number of H-pyrrole nitrogens is 3. The predicted octanol–water partition coefficient (Wildman–Crippen LogP) is 8.42. The zero-order valence-electron chi connectivity index (χ0n) is 74.2. The van der Waals surface area contributed by atoms with Crippen LogP contribution in [0.25, 0.3) is 39.8 Å². The number of nitrogens with zero attached hydrogens (tertiary/aromatic N) is 12. The van der Waals surface area contributed by atoms with E-state index in [-0.39, 0.29) is 92.6 Å². The Morgan fingerprint density at radius 3 is 1.58 bits per heavy atom. The van der Waals surface area contributed by atoms with Crippen molar-refractivity contribution in [2.45, 2.75) is 114 Å². The Morgan fingerprint density at radius 1 is 0.739 bits per heavy atom. The third-order valence-corrected chi connectivity index (χ3v) is 15.8. The number of benzene rings is 2. The number of aliphatic carboxylic acids is 1. The normalized spacial score (nSPS) is 10.1. The summed E-state index contributed by atoms with van der Waals surface area (Å²) in [6, 6.07) is 22.8. The smallest absolute Gasteiger partial charge is 1.00 e. The summed E-state index contributed by atoms with van der Waals surface area (Å²) >= 11 is 26.3. The zero-order valence-corrected chi connectivity index (χ0v) is 83.4. The number of nitrogens with two attached hydrogens (primary N) is 3. The number of methoxy groups -OCH3 is 4. The first-order chi connectivity index (χ1) is 62.6. The van der Waals surface area contributed by atoms with E-state index in [2.05, 4.69) is 160 Å². The summed E-state index contributed by atoms with van der Waals surface area (Å²) < 4.78 is 57.1. The Kier molecular flexibility index (Phi) is 80.5. The average molecular weight is 2080 g/mol. The predicted molar refractivity (Wildman–Crippen MR) is 508 cm³/mol. The van der Waals surface area contributed by atoms with Gasteiger partial charge in [-0.15, -0.1) is 12.4 Å². The number of aryl methyl sites for hydroxylation is 1. The van der Waals surface area contributed by atoms with E-state index >= 15 is 0 Å². The fraction of sp³-hybridized carbons (Fsp3) is 0.305. The van der Waals surface area contributed by atoms with Gasteiger partial charge in [0.1, 0.15) is 59.8 Å². The largest absolute Gasteiger partial charge is 1.00 e. The van der Waals surface area contributed by atoms with Crippen LogP contribution in [0.1, 0.15) is 116 Å². The van der Waals surface area contributed by atoms with Gasteiger partial charge < -0.3 is 94.5 Å². The van der Waals surface area contributed by atoms with E-state index in [0.717, 1.165) is 111 Å². The van der Waals surface area contributed by atoms with Crippen molar-refractivity contribution in [3.8, 4) is 17.8 Å². The number of carbonyl (C=O) groups excluding carboxylic acids is 8. The quantitative estimate of drug-likeness (QED) is 0.00390. The SMILES string of the molecule is C.C/C=C(/C#N)CC.CC(=O)O.CCO.CCOC(=O)C(N)C(=O)OCC.COC(=O)C1=CCc2c1nc[nH]c2=O.COC(=O)c1[nH]cc(C)c1N.COc1ncnc2c(Br)cn(COCc3ccccc3)c12.COc1ncnc2ccn(COCc3ccccc3)c12.C[O-].Cl.Clc1ncnc2c1CC=C2.N=CN.O=C=O.O=C=O.O=P(Cl)(Cl)Cl.O=c1[nH]cnc2c1CC=C2.[B]=NS.[Na+]. The van der Waals surface area contributed by atoms with Crippen molar-refractivity contribution in [3.05, 3.63) is 233 Å². The second-order valence-corrected chi connectivity index (χ2v) is 31.3. The van der Waals surface area contributed by atoms with Gasteiger partial charge in [-0.2, -0.15) is 41.5 Å². The fourth-order valence-electron chi connectivity index (χ4n) is 9.49. The standard InChI is InChI=1S/C15H14BrN3O2.C15H15N3O2.C9H8N2O3.C7H5ClN2.C7H10N2O2.C7H6N2O.C7H13NO4.C6H9N.C2H4O2.C2H6O.CH4N2.2CO2.CH3O.CH4.BHNS.Cl3OP.ClH.Na/c1-20-15-14-13(17-9-18-15)12(16)7-19(14)10-21-8-11-5-3-2-4-6-11;1-19-15-14-13(16-10-17-15)7-8-18(14)11-20-9-12-5-3-2-4-6-12;1-14-9(13)6-3-2-5-7(6)10-4-11-8(5)12;8-7-5-2-1-3-6(5)9-4-10-7;1-4-3-9-6(5(4)8)7(10)11-2;10-7-5-2-1-3-6(5)8-4-9-7;1-3-11-6(9)5(8)7(10)12-4-2;1-3-6(4-2)5-7;1-2(3)4;1-2-3;3*2-1-3;1-2;;1-2-3;1-5(2,3)4;;/h2-7,9H,8,10H2,1H3;2-8,10H,9,11H2,1H3;3-4H,2H2,1H3,(H,10,11,12);1,3-4H,2H2;3,9H,8H2,1-2H3;1,3-4H,2H2,(H,8,9,10);5H,3-4,8H2,1-2H3;3H,4H2,1-2H3;1H3,(H,3,4);3H,2H2,1H3;1H,(H3,2,3);;;1H3;1H4;3H;;1H;/q;;;;;;;;;;;;;-1;;;;;+1/b;;;;;;;6-3+;;;;;;;;;;;.